The summed E-state index contributed by atoms with van der Waals surface area (Å²) in [6.45, 7) is 3.72. The predicted molar refractivity (Wildman–Crippen MR) is 252 cm³/mol. The molecule has 14 nitrogen and oxygen atoms in total. The van der Waals surface area contributed by atoms with Gasteiger partial charge in [0.15, 0.2) is 23.1 Å². The second kappa shape index (κ2) is 22.3. The Morgan fingerprint density at radius 1 is 0.821 bits per heavy atom. The first-order valence-corrected chi connectivity index (χ1v) is 23.0. The molecule has 6 rings (SSSR count). The third kappa shape index (κ3) is 12.3. The minimum absolute atomic E-state index is 0.104. The lowest BCUT2D eigenvalue weighted by molar-refractivity contribution is -0.142. The number of hydrogen-bond acceptors (Lipinski definition) is 11. The highest BCUT2D eigenvalue weighted by Crippen LogP contribution is 2.40. The van der Waals surface area contributed by atoms with Crippen LogP contribution in [0.5, 0.6) is 11.5 Å². The molecule has 2 heterocycles. The van der Waals surface area contributed by atoms with Crippen molar-refractivity contribution < 1.29 is 48.6 Å². The Balaban J connectivity index is 1.28. The fourth-order valence-electron chi connectivity index (χ4n) is 8.86. The predicted octanol–water partition coefficient (Wildman–Crippen LogP) is 6.50. The van der Waals surface area contributed by atoms with Gasteiger partial charge in [0.05, 0.1) is 6.04 Å². The van der Waals surface area contributed by atoms with E-state index in [1.165, 1.54) is 56.1 Å². The molecule has 1 fully saturated rings. The van der Waals surface area contributed by atoms with Crippen molar-refractivity contribution in [3.8, 4) is 33.8 Å². The van der Waals surface area contributed by atoms with Crippen LogP contribution in [0.1, 0.15) is 92.7 Å². The van der Waals surface area contributed by atoms with Crippen LogP contribution in [0, 0.1) is 23.7 Å². The SMILES string of the molecule is C[C@@H]1CC(=O)[C@@H](N(C)C(=O)[C@H](CCCCN)CC(=O)c2ccc(-c3ccc(Cl)cc3)cc2)c2ccc(O)c(c2)-c2cc(ccc2O)C[C@@H](C(=O)C[C@@H](C)C(=O)C(=O)C[C@@H]2CCNC2=O)NC1=O. The van der Waals surface area contributed by atoms with Gasteiger partial charge in [0.25, 0.3) is 0 Å². The summed E-state index contributed by atoms with van der Waals surface area (Å²) in [7, 11) is 1.45. The van der Waals surface area contributed by atoms with Gasteiger partial charge in [-0.1, -0.05) is 80.4 Å². The molecule has 0 unspecified atom stereocenters. The number of phenolic OH excluding ortho intramolecular Hbond substituents is 2. The highest BCUT2D eigenvalue weighted by atomic mass is 35.5. The lowest BCUT2D eigenvalue weighted by atomic mass is 9.87. The summed E-state index contributed by atoms with van der Waals surface area (Å²) in [4.78, 5) is 110. The third-order valence-electron chi connectivity index (χ3n) is 12.8. The lowest BCUT2D eigenvalue weighted by Gasteiger charge is -2.32. The Morgan fingerprint density at radius 3 is 2.10 bits per heavy atom. The van der Waals surface area contributed by atoms with E-state index in [9.17, 15) is 48.6 Å². The molecule has 15 heteroatoms. The number of nitrogens with two attached hydrogens (primary N) is 1. The van der Waals surface area contributed by atoms with E-state index in [1.54, 1.807) is 30.3 Å². The fourth-order valence-corrected chi connectivity index (χ4v) is 8.99. The van der Waals surface area contributed by atoms with E-state index in [4.69, 9.17) is 17.3 Å². The number of phenols is 2. The van der Waals surface area contributed by atoms with E-state index in [1.807, 2.05) is 24.3 Å². The van der Waals surface area contributed by atoms with Crippen LogP contribution in [0.4, 0.5) is 0 Å². The van der Waals surface area contributed by atoms with E-state index in [-0.39, 0.29) is 59.1 Å². The van der Waals surface area contributed by atoms with Crippen LogP contribution >= 0.6 is 11.6 Å². The van der Waals surface area contributed by atoms with Crippen molar-refractivity contribution in [2.45, 2.75) is 83.7 Å². The molecule has 352 valence electrons. The van der Waals surface area contributed by atoms with E-state index >= 15 is 0 Å². The van der Waals surface area contributed by atoms with Crippen LogP contribution in [0.2, 0.25) is 5.02 Å². The van der Waals surface area contributed by atoms with E-state index in [0.717, 1.165) is 11.1 Å². The molecule has 6 atom stereocenters. The van der Waals surface area contributed by atoms with Gasteiger partial charge in [0.1, 0.15) is 17.5 Å². The molecule has 4 aromatic carbocycles. The summed E-state index contributed by atoms with van der Waals surface area (Å²) in [6, 6.07) is 20.6. The zero-order valence-corrected chi connectivity index (χ0v) is 38.6. The van der Waals surface area contributed by atoms with Crippen LogP contribution in [-0.2, 0) is 40.0 Å². The summed E-state index contributed by atoms with van der Waals surface area (Å²) in [6.07, 6.45) is 0.491. The molecule has 0 spiro atoms. The number of amides is 3. The first kappa shape index (κ1) is 49.9. The number of halogens is 1. The van der Waals surface area contributed by atoms with Crippen molar-refractivity contribution >= 4 is 58.2 Å². The molecular formula is C52H57ClN4O10. The lowest BCUT2D eigenvalue weighted by Crippen LogP contribution is -2.46. The van der Waals surface area contributed by atoms with Crippen molar-refractivity contribution in [1.82, 2.24) is 15.5 Å². The Kier molecular flexibility index (Phi) is 16.6. The van der Waals surface area contributed by atoms with Crippen LogP contribution in [0.25, 0.3) is 22.3 Å². The number of fused-ring (bicyclic) bond motifs is 5. The molecule has 67 heavy (non-hydrogen) atoms. The van der Waals surface area contributed by atoms with Gasteiger partial charge < -0.3 is 31.5 Å². The first-order valence-electron chi connectivity index (χ1n) is 22.7. The van der Waals surface area contributed by atoms with Crippen molar-refractivity contribution in [1.29, 1.82) is 0 Å². The van der Waals surface area contributed by atoms with Crippen molar-refractivity contribution in [3.63, 3.8) is 0 Å². The summed E-state index contributed by atoms with van der Waals surface area (Å²) in [5.41, 5.74) is 9.00. The molecule has 0 aromatic heterocycles. The number of likely N-dealkylation sites (N-methyl/N-ethyl adjacent to an activating group) is 1. The third-order valence-corrected chi connectivity index (χ3v) is 13.1. The molecule has 2 aliphatic heterocycles. The molecule has 4 aromatic rings. The smallest absolute Gasteiger partial charge is 0.226 e. The molecule has 2 aliphatic rings. The van der Waals surface area contributed by atoms with Gasteiger partial charge in [-0.05, 0) is 90.9 Å². The van der Waals surface area contributed by atoms with Gasteiger partial charge in [-0.3, -0.25) is 38.4 Å². The second-order valence-electron chi connectivity index (χ2n) is 17.8. The molecule has 3 amide bonds. The molecule has 0 aliphatic carbocycles. The van der Waals surface area contributed by atoms with E-state index in [0.29, 0.717) is 54.9 Å². The topological polar surface area (TPSA) is 230 Å². The maximum absolute atomic E-state index is 14.7. The number of Topliss-reactive ketones (excluding diaryl/α,β-unsaturated/α-hetero) is 5. The maximum Gasteiger partial charge on any atom is 0.226 e. The normalized spacial score (nSPS) is 19.3. The number of unbranched alkanes of at least 4 members (excludes halogenated alkanes) is 1. The number of nitrogens with zero attached hydrogens (tertiary/aromatic N) is 1. The largest absolute Gasteiger partial charge is 0.507 e. The Labute approximate surface area is 394 Å². The molecule has 4 bridgehead atoms. The highest BCUT2D eigenvalue weighted by molar-refractivity contribution is 6.38. The first-order chi connectivity index (χ1) is 31.9. The molecule has 0 saturated carbocycles. The number of carbonyl (C=O) groups excluding carboxylic acids is 8. The Hall–Kier alpha value is -6.51. The molecular weight excluding hydrogens is 876 g/mol. The quantitative estimate of drug-likeness (QED) is 0.0436. The van der Waals surface area contributed by atoms with Crippen molar-refractivity contribution in [3.05, 3.63) is 107 Å². The van der Waals surface area contributed by atoms with Gasteiger partial charge in [-0.2, -0.15) is 0 Å². The average molecular weight is 933 g/mol. The second-order valence-corrected chi connectivity index (χ2v) is 18.3. The van der Waals surface area contributed by atoms with Gasteiger partial charge in [0, 0.05) is 84.7 Å². The zero-order chi connectivity index (χ0) is 48.5. The van der Waals surface area contributed by atoms with Crippen molar-refractivity contribution in [2.24, 2.45) is 29.4 Å². The summed E-state index contributed by atoms with van der Waals surface area (Å²) < 4.78 is 0. The van der Waals surface area contributed by atoms with Crippen molar-refractivity contribution in [2.75, 3.05) is 20.1 Å². The standard InChI is InChI=1S/C52H57ClN4O10/c1-29(49(64)47(63)27-36-19-21-55-51(36)66)22-45(61)41-25-31-7-17-42(58)39(24-31)40-26-35(14-18-43(40)59)48(46(62)23-30(2)50(65)56-41)57(3)52(67)37(6-4-5-20-54)28-44(60)34-10-8-32(9-11-34)33-12-15-38(53)16-13-33/h7-18,24,26,29-30,36-37,41,48,58-59H,4-6,19-23,25,27-28,54H2,1-3H3,(H,55,66)(H,56,65)/t29-,30-,36+,37-,41+,48+/m1/s1. The average Bonchev–Trinajstić information content (AvgIpc) is 3.72. The number of carbonyl (C=O) groups is 8. The number of nitrogens with one attached hydrogen (secondary N) is 2. The maximum atomic E-state index is 14.7. The fraction of sp³-hybridized carbons (Fsp3) is 0.385. The summed E-state index contributed by atoms with van der Waals surface area (Å²) in [5.74, 6) is -8.50. The molecule has 0 radical (unpaired) electrons. The van der Waals surface area contributed by atoms with Gasteiger partial charge >= 0.3 is 0 Å². The van der Waals surface area contributed by atoms with Gasteiger partial charge in [-0.25, -0.2) is 0 Å². The molecule has 6 N–H and O–H groups in total. The number of rotatable bonds is 17. The Bertz CT molecular complexity index is 2540. The number of aromatic hydroxyl groups is 2. The number of benzene rings is 4. The minimum Gasteiger partial charge on any atom is -0.507 e. The summed E-state index contributed by atoms with van der Waals surface area (Å²) >= 11 is 6.06. The molecule has 1 saturated heterocycles. The Morgan fingerprint density at radius 2 is 1.46 bits per heavy atom. The van der Waals surface area contributed by atoms with Crippen LogP contribution < -0.4 is 16.4 Å². The highest BCUT2D eigenvalue weighted by Gasteiger charge is 2.37. The zero-order valence-electron chi connectivity index (χ0n) is 37.9. The van der Waals surface area contributed by atoms with Crippen LogP contribution in [0.15, 0.2) is 84.9 Å². The number of ketones is 5. The monoisotopic (exact) mass is 932 g/mol. The van der Waals surface area contributed by atoms with Gasteiger partial charge in [-0.15, -0.1) is 0 Å². The summed E-state index contributed by atoms with van der Waals surface area (Å²) in [5, 5.41) is 28.4. The van der Waals surface area contributed by atoms with Gasteiger partial charge in [0.2, 0.25) is 23.5 Å². The van der Waals surface area contributed by atoms with E-state index in [2.05, 4.69) is 10.6 Å². The minimum atomic E-state index is -1.32. The van der Waals surface area contributed by atoms with E-state index < -0.39 is 83.5 Å². The number of hydrogen-bond donors (Lipinski definition) is 5. The van der Waals surface area contributed by atoms with Crippen LogP contribution in [0.3, 0.4) is 0 Å². The van der Waals surface area contributed by atoms with Crippen LogP contribution in [-0.4, -0.2) is 87.9 Å².